The Kier molecular flexibility index (Phi) is 3.90. The first kappa shape index (κ1) is 15.3. The number of benzene rings is 3. The van der Waals surface area contributed by atoms with Gasteiger partial charge in [-0.25, -0.2) is 13.8 Å². The van der Waals surface area contributed by atoms with Crippen molar-refractivity contribution in [3.63, 3.8) is 0 Å². The molecule has 4 rings (SSSR count). The Morgan fingerprint density at radius 3 is 2.36 bits per heavy atom. The third-order valence-electron chi connectivity index (χ3n) is 3.90. The quantitative estimate of drug-likeness (QED) is 0.564. The molecule has 124 valence electrons. The number of nitrogens with zero attached hydrogens (tertiary/aromatic N) is 1. The van der Waals surface area contributed by atoms with E-state index in [0.717, 1.165) is 29.0 Å². The molecule has 0 amide bonds. The van der Waals surface area contributed by atoms with Crippen LogP contribution in [0.4, 0.5) is 8.78 Å². The average Bonchev–Trinajstić information content (AvgIpc) is 3.04. The monoisotopic (exact) mass is 336 g/mol. The lowest BCUT2D eigenvalue weighted by Gasteiger charge is -2.06. The summed E-state index contributed by atoms with van der Waals surface area (Å²) in [6, 6.07) is 19.5. The van der Waals surface area contributed by atoms with Gasteiger partial charge in [0.15, 0.2) is 11.6 Å². The predicted octanol–water partition coefficient (Wildman–Crippen LogP) is 5.09. The molecule has 0 unspecified atom stereocenters. The van der Waals surface area contributed by atoms with Crippen LogP contribution in [0.1, 0.15) is 5.56 Å². The van der Waals surface area contributed by atoms with Gasteiger partial charge >= 0.3 is 0 Å². The fraction of sp³-hybridized carbons (Fsp3) is 0.0500. The van der Waals surface area contributed by atoms with Crippen LogP contribution >= 0.6 is 0 Å². The highest BCUT2D eigenvalue weighted by Gasteiger charge is 2.10. The highest BCUT2D eigenvalue weighted by molar-refractivity contribution is 5.79. The summed E-state index contributed by atoms with van der Waals surface area (Å²) in [5.74, 6) is -0.516. The maximum absolute atomic E-state index is 13.3. The van der Waals surface area contributed by atoms with Gasteiger partial charge in [-0.3, -0.25) is 0 Å². The maximum Gasteiger partial charge on any atom is 0.161 e. The van der Waals surface area contributed by atoms with Crippen molar-refractivity contribution >= 4 is 11.0 Å². The molecule has 3 aromatic carbocycles. The molecule has 1 N–H and O–H groups in total. The first-order chi connectivity index (χ1) is 12.2. The molecule has 0 spiro atoms. The van der Waals surface area contributed by atoms with E-state index < -0.39 is 11.6 Å². The first-order valence-electron chi connectivity index (χ1n) is 7.81. The van der Waals surface area contributed by atoms with Gasteiger partial charge in [-0.15, -0.1) is 0 Å². The Labute approximate surface area is 142 Å². The van der Waals surface area contributed by atoms with E-state index in [9.17, 15) is 8.78 Å². The van der Waals surface area contributed by atoms with Crippen LogP contribution in [0.5, 0.6) is 5.75 Å². The molecule has 0 aliphatic carbocycles. The molecular weight excluding hydrogens is 322 g/mol. The summed E-state index contributed by atoms with van der Waals surface area (Å²) in [4.78, 5) is 7.30. The van der Waals surface area contributed by atoms with E-state index in [2.05, 4.69) is 9.97 Å². The Hall–Kier alpha value is -3.21. The molecular formula is C20H14F2N2O. The van der Waals surface area contributed by atoms with Gasteiger partial charge in [0.2, 0.25) is 0 Å². The number of hydrogen-bond donors (Lipinski definition) is 1. The van der Waals surface area contributed by atoms with Gasteiger partial charge in [-0.1, -0.05) is 30.3 Å². The van der Waals surface area contributed by atoms with Gasteiger partial charge in [0.1, 0.15) is 18.2 Å². The summed E-state index contributed by atoms with van der Waals surface area (Å²) in [6.07, 6.45) is 0. The fourth-order valence-electron chi connectivity index (χ4n) is 2.59. The fourth-order valence-corrected chi connectivity index (χ4v) is 2.59. The number of H-pyrrole nitrogens is 1. The summed E-state index contributed by atoms with van der Waals surface area (Å²) in [6.45, 7) is 0.489. The van der Waals surface area contributed by atoms with Crippen LogP contribution in [0, 0.1) is 11.6 Å². The van der Waals surface area contributed by atoms with E-state index >= 15 is 0 Å². The largest absolute Gasteiger partial charge is 0.489 e. The van der Waals surface area contributed by atoms with Gasteiger partial charge in [-0.2, -0.15) is 0 Å². The second kappa shape index (κ2) is 6.36. The number of nitrogens with one attached hydrogen (secondary N) is 1. The first-order valence-corrected chi connectivity index (χ1v) is 7.81. The predicted molar refractivity (Wildman–Crippen MR) is 92.2 cm³/mol. The van der Waals surface area contributed by atoms with Gasteiger partial charge < -0.3 is 9.72 Å². The van der Waals surface area contributed by atoms with Gasteiger partial charge in [0.05, 0.1) is 11.0 Å². The van der Waals surface area contributed by atoms with E-state index in [0.29, 0.717) is 23.5 Å². The van der Waals surface area contributed by atoms with E-state index in [4.69, 9.17) is 4.74 Å². The number of aromatic amines is 1. The van der Waals surface area contributed by atoms with Crippen molar-refractivity contribution in [3.05, 3.63) is 83.9 Å². The lowest BCUT2D eigenvalue weighted by atomic mass is 10.2. The molecule has 0 radical (unpaired) electrons. The van der Waals surface area contributed by atoms with E-state index in [1.54, 1.807) is 0 Å². The summed E-state index contributed by atoms with van der Waals surface area (Å²) in [5.41, 5.74) is 2.74. The second-order valence-electron chi connectivity index (χ2n) is 5.67. The second-order valence-corrected chi connectivity index (χ2v) is 5.67. The van der Waals surface area contributed by atoms with Crippen molar-refractivity contribution in [3.8, 4) is 17.1 Å². The van der Waals surface area contributed by atoms with Crippen molar-refractivity contribution in [2.45, 2.75) is 6.61 Å². The van der Waals surface area contributed by atoms with Crippen LogP contribution in [0.2, 0.25) is 0 Å². The van der Waals surface area contributed by atoms with Crippen LogP contribution in [-0.2, 0) is 6.61 Å². The topological polar surface area (TPSA) is 37.9 Å². The van der Waals surface area contributed by atoms with Crippen molar-refractivity contribution in [1.29, 1.82) is 0 Å². The third kappa shape index (κ3) is 3.21. The van der Waals surface area contributed by atoms with Gasteiger partial charge in [-0.05, 0) is 29.8 Å². The molecule has 1 aromatic heterocycles. The van der Waals surface area contributed by atoms with E-state index in [1.807, 2.05) is 54.6 Å². The standard InChI is InChI=1S/C20H14F2N2O/c21-16-10-18-19(11-17(16)22)24-20(23-18)14-6-8-15(9-7-14)25-12-13-4-2-1-3-5-13/h1-11H,12H2,(H,23,24). The van der Waals surface area contributed by atoms with E-state index in [1.165, 1.54) is 0 Å². The number of ether oxygens (including phenoxy) is 1. The Morgan fingerprint density at radius 1 is 0.880 bits per heavy atom. The number of imidazole rings is 1. The summed E-state index contributed by atoms with van der Waals surface area (Å²) in [7, 11) is 0. The number of fused-ring (bicyclic) bond motifs is 1. The van der Waals surface area contributed by atoms with Gasteiger partial charge in [0.25, 0.3) is 0 Å². The lowest BCUT2D eigenvalue weighted by Crippen LogP contribution is -1.94. The summed E-state index contributed by atoms with van der Waals surface area (Å²) >= 11 is 0. The number of halogens is 2. The Morgan fingerprint density at radius 2 is 1.60 bits per heavy atom. The molecule has 0 fully saturated rings. The maximum atomic E-state index is 13.3. The van der Waals surface area contributed by atoms with Crippen LogP contribution in [-0.4, -0.2) is 9.97 Å². The normalized spacial score (nSPS) is 11.0. The molecule has 4 aromatic rings. The molecule has 5 heteroatoms. The minimum atomic E-state index is -0.907. The average molecular weight is 336 g/mol. The zero-order valence-electron chi connectivity index (χ0n) is 13.2. The Balaban J connectivity index is 1.53. The SMILES string of the molecule is Fc1cc2nc(-c3ccc(OCc4ccccc4)cc3)[nH]c2cc1F. The summed E-state index contributed by atoms with van der Waals surface area (Å²) in [5, 5.41) is 0. The smallest absolute Gasteiger partial charge is 0.161 e. The van der Waals surface area contributed by atoms with Crippen molar-refractivity contribution in [2.24, 2.45) is 0 Å². The lowest BCUT2D eigenvalue weighted by molar-refractivity contribution is 0.306. The molecule has 0 atom stereocenters. The molecule has 25 heavy (non-hydrogen) atoms. The highest BCUT2D eigenvalue weighted by Crippen LogP contribution is 2.24. The Bertz CT molecular complexity index is 972. The van der Waals surface area contributed by atoms with E-state index in [-0.39, 0.29) is 0 Å². The van der Waals surface area contributed by atoms with Crippen LogP contribution < -0.4 is 4.74 Å². The highest BCUT2D eigenvalue weighted by atomic mass is 19.2. The van der Waals surface area contributed by atoms with Crippen molar-refractivity contribution < 1.29 is 13.5 Å². The number of rotatable bonds is 4. The number of aromatic nitrogens is 2. The molecule has 0 saturated heterocycles. The summed E-state index contributed by atoms with van der Waals surface area (Å²) < 4.78 is 32.3. The molecule has 3 nitrogen and oxygen atoms in total. The molecule has 0 bridgehead atoms. The molecule has 0 aliphatic rings. The van der Waals surface area contributed by atoms with Crippen molar-refractivity contribution in [2.75, 3.05) is 0 Å². The molecule has 0 saturated carbocycles. The van der Waals surface area contributed by atoms with Crippen LogP contribution in [0.3, 0.4) is 0 Å². The minimum Gasteiger partial charge on any atom is -0.489 e. The third-order valence-corrected chi connectivity index (χ3v) is 3.90. The van der Waals surface area contributed by atoms with Crippen LogP contribution in [0.15, 0.2) is 66.7 Å². The zero-order valence-corrected chi connectivity index (χ0v) is 13.2. The van der Waals surface area contributed by atoms with Crippen LogP contribution in [0.25, 0.3) is 22.4 Å². The van der Waals surface area contributed by atoms with Gasteiger partial charge in [0, 0.05) is 17.7 Å². The minimum absolute atomic E-state index is 0.387. The zero-order chi connectivity index (χ0) is 17.2. The number of hydrogen-bond acceptors (Lipinski definition) is 2. The molecule has 0 aliphatic heterocycles. The molecule has 1 heterocycles. The van der Waals surface area contributed by atoms with Crippen molar-refractivity contribution in [1.82, 2.24) is 9.97 Å².